The topological polar surface area (TPSA) is 73.2 Å². The molecule has 0 spiro atoms. The number of hydrogen-bond donors (Lipinski definition) is 1. The van der Waals surface area contributed by atoms with E-state index in [0.29, 0.717) is 30.8 Å². The minimum Gasteiger partial charge on any atom is -0.466 e. The minimum atomic E-state index is -0.327. The van der Waals surface area contributed by atoms with Crippen LogP contribution in [0.2, 0.25) is 0 Å². The van der Waals surface area contributed by atoms with Gasteiger partial charge in [-0.25, -0.2) is 9.37 Å². The van der Waals surface area contributed by atoms with E-state index in [1.807, 2.05) is 36.5 Å². The van der Waals surface area contributed by atoms with Crippen molar-refractivity contribution in [3.63, 3.8) is 0 Å². The summed E-state index contributed by atoms with van der Waals surface area (Å²) in [6.07, 6.45) is 2.87. The molecule has 0 atom stereocenters. The summed E-state index contributed by atoms with van der Waals surface area (Å²) in [4.78, 5) is 29.3. The molecule has 0 bridgehead atoms. The molecule has 0 fully saturated rings. The molecule has 2 aromatic heterocycles. The van der Waals surface area contributed by atoms with Crippen molar-refractivity contribution in [2.75, 3.05) is 11.9 Å². The van der Waals surface area contributed by atoms with E-state index in [9.17, 15) is 14.0 Å². The third-order valence-electron chi connectivity index (χ3n) is 5.99. The maximum Gasteiger partial charge on any atom is 0.306 e. The predicted octanol–water partition coefficient (Wildman–Crippen LogP) is 6.69. The van der Waals surface area contributed by atoms with Gasteiger partial charge in [-0.05, 0) is 80.8 Å². The van der Waals surface area contributed by atoms with E-state index in [0.717, 1.165) is 22.4 Å². The number of benzene rings is 2. The number of esters is 1. The van der Waals surface area contributed by atoms with Gasteiger partial charge in [-0.2, -0.15) is 0 Å². The third-order valence-corrected chi connectivity index (χ3v) is 5.99. The maximum atomic E-state index is 13.5. The highest BCUT2D eigenvalue weighted by atomic mass is 19.1. The van der Waals surface area contributed by atoms with Crippen LogP contribution in [0.1, 0.15) is 49.3 Å². The smallest absolute Gasteiger partial charge is 0.306 e. The number of carbonyl (C=O) groups excluding carboxylic acids is 2. The first-order valence-electron chi connectivity index (χ1n) is 12.4. The lowest BCUT2D eigenvalue weighted by Crippen LogP contribution is -2.14. The second-order valence-corrected chi connectivity index (χ2v) is 8.95. The summed E-state index contributed by atoms with van der Waals surface area (Å²) in [5, 5.41) is 2.89. The Hall–Kier alpha value is -4.26. The quantitative estimate of drug-likeness (QED) is 0.261. The molecule has 0 radical (unpaired) electrons. The number of hydrogen-bond acceptors (Lipinski definition) is 4. The van der Waals surface area contributed by atoms with E-state index in [1.54, 1.807) is 37.3 Å². The van der Waals surface area contributed by atoms with Crippen LogP contribution < -0.4 is 5.32 Å². The van der Waals surface area contributed by atoms with Gasteiger partial charge in [-0.1, -0.05) is 30.3 Å². The minimum absolute atomic E-state index is 0.158. The molecule has 0 saturated heterocycles. The molecule has 2 heterocycles. The fraction of sp³-hybridized carbons (Fsp3) is 0.233. The maximum absolute atomic E-state index is 13.5. The number of amides is 1. The van der Waals surface area contributed by atoms with Crippen molar-refractivity contribution < 1.29 is 18.7 Å². The molecule has 0 saturated carbocycles. The molecule has 0 aliphatic carbocycles. The van der Waals surface area contributed by atoms with Crippen LogP contribution in [0.15, 0.2) is 79.0 Å². The number of aromatic nitrogens is 2. The Labute approximate surface area is 216 Å². The summed E-state index contributed by atoms with van der Waals surface area (Å²) in [5.74, 6) is -0.846. The molecule has 1 N–H and O–H groups in total. The normalized spacial score (nSPS) is 10.9. The Bertz CT molecular complexity index is 1380. The van der Waals surface area contributed by atoms with E-state index in [-0.39, 0.29) is 29.4 Å². The average Bonchev–Trinajstić information content (AvgIpc) is 3.35. The first-order chi connectivity index (χ1) is 17.9. The van der Waals surface area contributed by atoms with Crippen LogP contribution in [-0.4, -0.2) is 28.0 Å². The molecule has 4 rings (SSSR count). The van der Waals surface area contributed by atoms with Gasteiger partial charge in [0.25, 0.3) is 5.91 Å². The summed E-state index contributed by atoms with van der Waals surface area (Å²) in [6, 6.07) is 21.2. The fourth-order valence-corrected chi connectivity index (χ4v) is 4.13. The highest BCUT2D eigenvalue weighted by molar-refractivity contribution is 6.03. The van der Waals surface area contributed by atoms with E-state index in [1.165, 1.54) is 12.1 Å². The number of aryl methyl sites for hydroxylation is 1. The summed E-state index contributed by atoms with van der Waals surface area (Å²) in [5.41, 5.74) is 5.20. The summed E-state index contributed by atoms with van der Waals surface area (Å²) < 4.78 is 20.6. The Kier molecular flexibility index (Phi) is 8.13. The number of nitrogens with one attached hydrogen (secondary N) is 1. The van der Waals surface area contributed by atoms with Gasteiger partial charge in [0, 0.05) is 29.9 Å². The van der Waals surface area contributed by atoms with Crippen LogP contribution >= 0.6 is 0 Å². The summed E-state index contributed by atoms with van der Waals surface area (Å²) in [7, 11) is 0. The van der Waals surface area contributed by atoms with E-state index in [2.05, 4.69) is 28.7 Å². The van der Waals surface area contributed by atoms with Crippen molar-refractivity contribution in [3.05, 3.63) is 96.1 Å². The molecule has 1 amide bonds. The zero-order chi connectivity index (χ0) is 26.4. The Morgan fingerprint density at radius 3 is 2.41 bits per heavy atom. The van der Waals surface area contributed by atoms with Crippen molar-refractivity contribution in [1.82, 2.24) is 9.55 Å². The fourth-order valence-electron chi connectivity index (χ4n) is 4.13. The van der Waals surface area contributed by atoms with Crippen molar-refractivity contribution in [2.45, 2.75) is 39.7 Å². The Balaban J connectivity index is 1.54. The SMILES string of the molecule is CCOC(=O)CCc1ccc(NC(=O)c2cccc(-c3c(-c4ccc(F)cc4)ccn3C(C)C)n2)cc1. The summed E-state index contributed by atoms with van der Waals surface area (Å²) in [6.45, 7) is 6.30. The monoisotopic (exact) mass is 499 g/mol. The highest BCUT2D eigenvalue weighted by Crippen LogP contribution is 2.34. The van der Waals surface area contributed by atoms with Crippen LogP contribution in [0.5, 0.6) is 0 Å². The molecule has 37 heavy (non-hydrogen) atoms. The van der Waals surface area contributed by atoms with Crippen LogP contribution in [-0.2, 0) is 16.0 Å². The molecular formula is C30H30FN3O3. The van der Waals surface area contributed by atoms with Gasteiger partial charge in [0.2, 0.25) is 0 Å². The molecule has 2 aromatic carbocycles. The number of pyridine rings is 1. The summed E-state index contributed by atoms with van der Waals surface area (Å²) >= 11 is 0. The van der Waals surface area contributed by atoms with E-state index < -0.39 is 0 Å². The number of carbonyl (C=O) groups is 2. The first-order valence-corrected chi connectivity index (χ1v) is 12.4. The van der Waals surface area contributed by atoms with Crippen molar-refractivity contribution >= 4 is 17.6 Å². The molecule has 0 aliphatic rings. The highest BCUT2D eigenvalue weighted by Gasteiger charge is 2.18. The molecule has 0 unspecified atom stereocenters. The number of rotatable bonds is 9. The number of ether oxygens (including phenoxy) is 1. The Morgan fingerprint density at radius 2 is 1.73 bits per heavy atom. The molecule has 7 heteroatoms. The first kappa shape index (κ1) is 25.8. The zero-order valence-corrected chi connectivity index (χ0v) is 21.2. The number of anilines is 1. The Morgan fingerprint density at radius 1 is 1.00 bits per heavy atom. The zero-order valence-electron chi connectivity index (χ0n) is 21.2. The van der Waals surface area contributed by atoms with Gasteiger partial charge in [0.05, 0.1) is 18.0 Å². The van der Waals surface area contributed by atoms with Gasteiger partial charge in [0.1, 0.15) is 11.5 Å². The lowest BCUT2D eigenvalue weighted by Gasteiger charge is -2.15. The standard InChI is InChI=1S/C30H30FN3O3/c1-4-37-28(35)17-10-21-8-15-24(16-9-21)32-30(36)27-7-5-6-26(33-27)29-25(18-19-34(29)20(2)3)22-11-13-23(31)14-12-22/h5-9,11-16,18-20H,4,10,17H2,1-3H3,(H,32,36). The predicted molar refractivity (Wildman–Crippen MR) is 143 cm³/mol. The van der Waals surface area contributed by atoms with Crippen LogP contribution in [0.25, 0.3) is 22.5 Å². The number of halogens is 1. The van der Waals surface area contributed by atoms with E-state index >= 15 is 0 Å². The molecule has 4 aromatic rings. The lowest BCUT2D eigenvalue weighted by atomic mass is 10.0. The van der Waals surface area contributed by atoms with Crippen molar-refractivity contribution in [2.24, 2.45) is 0 Å². The second-order valence-electron chi connectivity index (χ2n) is 8.95. The van der Waals surface area contributed by atoms with E-state index in [4.69, 9.17) is 4.74 Å². The van der Waals surface area contributed by atoms with Crippen LogP contribution in [0.4, 0.5) is 10.1 Å². The second kappa shape index (κ2) is 11.6. The van der Waals surface area contributed by atoms with Gasteiger partial charge >= 0.3 is 5.97 Å². The molecule has 6 nitrogen and oxygen atoms in total. The molecular weight excluding hydrogens is 469 g/mol. The van der Waals surface area contributed by atoms with Gasteiger partial charge in [0.15, 0.2) is 0 Å². The largest absolute Gasteiger partial charge is 0.466 e. The van der Waals surface area contributed by atoms with Crippen molar-refractivity contribution in [3.8, 4) is 22.5 Å². The third kappa shape index (κ3) is 6.30. The van der Waals surface area contributed by atoms with Crippen LogP contribution in [0, 0.1) is 5.82 Å². The molecule has 190 valence electrons. The average molecular weight is 500 g/mol. The lowest BCUT2D eigenvalue weighted by molar-refractivity contribution is -0.143. The van der Waals surface area contributed by atoms with Gasteiger partial charge < -0.3 is 14.6 Å². The number of nitrogens with zero attached hydrogens (tertiary/aromatic N) is 2. The van der Waals surface area contributed by atoms with Gasteiger partial charge in [-0.3, -0.25) is 9.59 Å². The molecule has 0 aliphatic heterocycles. The van der Waals surface area contributed by atoms with Gasteiger partial charge in [-0.15, -0.1) is 0 Å². The van der Waals surface area contributed by atoms with Crippen molar-refractivity contribution in [1.29, 1.82) is 0 Å². The van der Waals surface area contributed by atoms with Crippen LogP contribution in [0.3, 0.4) is 0 Å².